The third-order valence-electron chi connectivity index (χ3n) is 1.00. The van der Waals surface area contributed by atoms with E-state index in [1.54, 1.807) is 11.9 Å². The Balaban J connectivity index is 0. The number of carbonyl (C=O) groups is 1. The van der Waals surface area contributed by atoms with Crippen LogP contribution in [-0.2, 0) is 4.79 Å². The van der Waals surface area contributed by atoms with Crippen molar-refractivity contribution >= 4 is 12.2 Å². The molecule has 0 saturated heterocycles. The molecule has 0 aromatic carbocycles. The van der Waals surface area contributed by atoms with Gasteiger partial charge in [0.1, 0.15) is 0 Å². The van der Waals surface area contributed by atoms with Gasteiger partial charge in [-0.3, -0.25) is 9.79 Å². The number of amides is 1. The molecule has 0 aromatic rings. The van der Waals surface area contributed by atoms with Gasteiger partial charge in [0.15, 0.2) is 0 Å². The highest BCUT2D eigenvalue weighted by Gasteiger charge is 1.98. The van der Waals surface area contributed by atoms with Gasteiger partial charge < -0.3 is 4.90 Å². The molecule has 0 atom stereocenters. The average Bonchev–Trinajstić information content (AvgIpc) is 2.03. The number of carbonyl (C=O) groups excluding carboxylic acids is 1. The highest BCUT2D eigenvalue weighted by atomic mass is 16.2. The van der Waals surface area contributed by atoms with Crippen molar-refractivity contribution in [1.29, 1.82) is 0 Å². The van der Waals surface area contributed by atoms with Crippen LogP contribution in [0.4, 0.5) is 0 Å². The lowest BCUT2D eigenvalue weighted by Gasteiger charge is -2.10. The van der Waals surface area contributed by atoms with Crippen molar-refractivity contribution in [2.24, 2.45) is 4.99 Å². The molecule has 0 N–H and O–H groups in total. The van der Waals surface area contributed by atoms with Crippen LogP contribution in [0.2, 0.25) is 0 Å². The Labute approximate surface area is 69.1 Å². The molecule has 0 heterocycles. The number of nitrogens with zero attached hydrogens (tertiary/aromatic N) is 2. The van der Waals surface area contributed by atoms with Crippen molar-refractivity contribution in [3.05, 3.63) is 0 Å². The first-order chi connectivity index (χ1) is 5.22. The van der Waals surface area contributed by atoms with Gasteiger partial charge in [-0.2, -0.15) is 0 Å². The summed E-state index contributed by atoms with van der Waals surface area (Å²) in [7, 11) is 1.64. The number of rotatable bonds is 2. The Morgan fingerprint density at radius 1 is 1.55 bits per heavy atom. The Hall–Kier alpha value is -0.860. The largest absolute Gasteiger partial charge is 0.304 e. The second-order valence-electron chi connectivity index (χ2n) is 1.68. The van der Waals surface area contributed by atoms with Crippen LogP contribution in [0.3, 0.4) is 0 Å². The van der Waals surface area contributed by atoms with Crippen LogP contribution in [0.15, 0.2) is 4.99 Å². The van der Waals surface area contributed by atoms with Crippen LogP contribution in [0.1, 0.15) is 27.7 Å². The van der Waals surface area contributed by atoms with Crippen LogP contribution >= 0.6 is 0 Å². The van der Waals surface area contributed by atoms with Crippen LogP contribution in [0.5, 0.6) is 0 Å². The molecule has 3 heteroatoms. The molecule has 0 aliphatic carbocycles. The fraction of sp³-hybridized carbons (Fsp3) is 0.750. The predicted octanol–water partition coefficient (Wildman–Crippen LogP) is 1.54. The zero-order valence-electron chi connectivity index (χ0n) is 8.09. The highest BCUT2D eigenvalue weighted by Crippen LogP contribution is 1.81. The number of hydrogen-bond acceptors (Lipinski definition) is 2. The van der Waals surface area contributed by atoms with Crippen LogP contribution in [0, 0.1) is 0 Å². The SMILES string of the molecule is CC.CCN(C=NC)C(C)=O. The molecule has 0 rings (SSSR count). The van der Waals surface area contributed by atoms with Gasteiger partial charge in [0.2, 0.25) is 5.91 Å². The minimum Gasteiger partial charge on any atom is -0.304 e. The van der Waals surface area contributed by atoms with Crippen molar-refractivity contribution in [1.82, 2.24) is 4.90 Å². The van der Waals surface area contributed by atoms with E-state index in [-0.39, 0.29) is 5.91 Å². The second kappa shape index (κ2) is 9.14. The van der Waals surface area contributed by atoms with E-state index in [1.165, 1.54) is 13.3 Å². The minimum atomic E-state index is 0.0306. The Morgan fingerprint density at radius 2 is 2.00 bits per heavy atom. The Bertz CT molecular complexity index is 121. The Morgan fingerprint density at radius 3 is 2.09 bits per heavy atom. The molecule has 66 valence electrons. The summed E-state index contributed by atoms with van der Waals surface area (Å²) in [5, 5.41) is 0. The van der Waals surface area contributed by atoms with E-state index in [2.05, 4.69) is 4.99 Å². The summed E-state index contributed by atoms with van der Waals surface area (Å²) in [4.78, 5) is 15.8. The number of hydrogen-bond donors (Lipinski definition) is 0. The third kappa shape index (κ3) is 7.03. The molecule has 0 fully saturated rings. The van der Waals surface area contributed by atoms with Gasteiger partial charge in [-0.15, -0.1) is 0 Å². The molecule has 0 radical (unpaired) electrons. The summed E-state index contributed by atoms with van der Waals surface area (Å²) < 4.78 is 0. The summed E-state index contributed by atoms with van der Waals surface area (Å²) in [6.45, 7) is 8.11. The van der Waals surface area contributed by atoms with Crippen LogP contribution < -0.4 is 0 Å². The van der Waals surface area contributed by atoms with Crippen molar-refractivity contribution in [3.8, 4) is 0 Å². The van der Waals surface area contributed by atoms with Crippen molar-refractivity contribution < 1.29 is 4.79 Å². The maximum absolute atomic E-state index is 10.6. The van der Waals surface area contributed by atoms with Crippen molar-refractivity contribution in [2.75, 3.05) is 13.6 Å². The van der Waals surface area contributed by atoms with E-state index in [4.69, 9.17) is 0 Å². The lowest BCUT2D eigenvalue weighted by atomic mass is 10.5. The number of aliphatic imine (C=N–C) groups is 1. The topological polar surface area (TPSA) is 32.7 Å². The predicted molar refractivity (Wildman–Crippen MR) is 48.8 cm³/mol. The molecule has 0 aliphatic heterocycles. The van der Waals surface area contributed by atoms with Gasteiger partial charge in [-0.05, 0) is 6.92 Å². The maximum Gasteiger partial charge on any atom is 0.224 e. The minimum absolute atomic E-state index is 0.0306. The standard InChI is InChI=1S/C6H12N2O.C2H6/c1-4-8(5-7-3)6(2)9;1-2/h5H,4H2,1-3H3;1-2H3. The first-order valence-electron chi connectivity index (χ1n) is 3.91. The van der Waals surface area contributed by atoms with Crippen molar-refractivity contribution in [3.63, 3.8) is 0 Å². The zero-order valence-corrected chi connectivity index (χ0v) is 8.09. The highest BCUT2D eigenvalue weighted by molar-refractivity contribution is 5.85. The van der Waals surface area contributed by atoms with Gasteiger partial charge in [-0.1, -0.05) is 13.8 Å². The van der Waals surface area contributed by atoms with Gasteiger partial charge in [-0.25, -0.2) is 0 Å². The summed E-state index contributed by atoms with van der Waals surface area (Å²) >= 11 is 0. The fourth-order valence-electron chi connectivity index (χ4n) is 0.525. The molecule has 0 spiro atoms. The van der Waals surface area contributed by atoms with E-state index in [1.807, 2.05) is 20.8 Å². The lowest BCUT2D eigenvalue weighted by molar-refractivity contribution is -0.124. The third-order valence-corrected chi connectivity index (χ3v) is 1.00. The molecule has 0 aliphatic rings. The van der Waals surface area contributed by atoms with Gasteiger partial charge in [0.05, 0.1) is 6.34 Å². The molecule has 0 unspecified atom stereocenters. The molecule has 0 bridgehead atoms. The normalized spacial score (nSPS) is 8.82. The van der Waals surface area contributed by atoms with Crippen LogP contribution in [0.25, 0.3) is 0 Å². The van der Waals surface area contributed by atoms with E-state index < -0.39 is 0 Å². The Kier molecular flexibility index (Phi) is 10.6. The molecular weight excluding hydrogens is 140 g/mol. The molecule has 1 amide bonds. The molecule has 0 aromatic heterocycles. The van der Waals surface area contributed by atoms with E-state index in [0.717, 1.165) is 0 Å². The van der Waals surface area contributed by atoms with Crippen LogP contribution in [-0.4, -0.2) is 30.7 Å². The van der Waals surface area contributed by atoms with E-state index >= 15 is 0 Å². The summed E-state index contributed by atoms with van der Waals surface area (Å²) in [5.74, 6) is 0.0306. The fourth-order valence-corrected chi connectivity index (χ4v) is 0.525. The van der Waals surface area contributed by atoms with Crippen molar-refractivity contribution in [2.45, 2.75) is 27.7 Å². The smallest absolute Gasteiger partial charge is 0.224 e. The molecule has 3 nitrogen and oxygen atoms in total. The zero-order chi connectivity index (χ0) is 9.28. The molecule has 0 saturated carbocycles. The molecular formula is C8H18N2O. The lowest BCUT2D eigenvalue weighted by Crippen LogP contribution is -2.26. The first kappa shape index (κ1) is 12.8. The first-order valence-corrected chi connectivity index (χ1v) is 3.91. The monoisotopic (exact) mass is 158 g/mol. The van der Waals surface area contributed by atoms with Gasteiger partial charge in [0.25, 0.3) is 0 Å². The second-order valence-corrected chi connectivity index (χ2v) is 1.68. The average molecular weight is 158 g/mol. The quantitative estimate of drug-likeness (QED) is 0.443. The molecule has 11 heavy (non-hydrogen) atoms. The summed E-state index contributed by atoms with van der Waals surface area (Å²) in [5.41, 5.74) is 0. The summed E-state index contributed by atoms with van der Waals surface area (Å²) in [6, 6.07) is 0. The van der Waals surface area contributed by atoms with E-state index in [0.29, 0.717) is 6.54 Å². The van der Waals surface area contributed by atoms with Gasteiger partial charge >= 0.3 is 0 Å². The van der Waals surface area contributed by atoms with Gasteiger partial charge in [0, 0.05) is 20.5 Å². The summed E-state index contributed by atoms with van der Waals surface area (Å²) in [6.07, 6.45) is 1.53. The maximum atomic E-state index is 10.6. The van der Waals surface area contributed by atoms with E-state index in [9.17, 15) is 4.79 Å².